The van der Waals surface area contributed by atoms with Gasteiger partial charge in [0, 0.05) is 19.4 Å². The first-order valence-corrected chi connectivity index (χ1v) is 7.94. The summed E-state index contributed by atoms with van der Waals surface area (Å²) in [6, 6.07) is 11.6. The van der Waals surface area contributed by atoms with E-state index in [4.69, 9.17) is 9.47 Å². The maximum Gasteiger partial charge on any atom is 0.413 e. The van der Waals surface area contributed by atoms with Crippen LogP contribution in [0.5, 0.6) is 0 Å². The first-order valence-electron chi connectivity index (χ1n) is 7.94. The number of H-pyrrole nitrogens is 1. The van der Waals surface area contributed by atoms with Crippen LogP contribution in [0, 0.1) is 11.3 Å². The van der Waals surface area contributed by atoms with Gasteiger partial charge in [0.25, 0.3) is 0 Å². The molecule has 0 atom stereocenters. The molecular formula is C18H19N3O3. The SMILES string of the molecule is N#Cc1c(C2CCOCC2)c[nH]c1NC(=O)OCc1ccccc1. The van der Waals surface area contributed by atoms with E-state index in [9.17, 15) is 10.1 Å². The highest BCUT2D eigenvalue weighted by atomic mass is 16.5. The fourth-order valence-electron chi connectivity index (χ4n) is 2.85. The number of carbonyl (C=O) groups excluding carboxylic acids is 1. The van der Waals surface area contributed by atoms with Crippen molar-refractivity contribution in [2.75, 3.05) is 18.5 Å². The van der Waals surface area contributed by atoms with Crippen molar-refractivity contribution in [2.45, 2.75) is 25.4 Å². The van der Waals surface area contributed by atoms with E-state index in [1.54, 1.807) is 6.20 Å². The molecule has 2 heterocycles. The molecule has 1 aromatic carbocycles. The highest BCUT2D eigenvalue weighted by molar-refractivity contribution is 5.85. The Kier molecular flexibility index (Phi) is 5.14. The third-order valence-corrected chi connectivity index (χ3v) is 4.12. The van der Waals surface area contributed by atoms with Gasteiger partial charge >= 0.3 is 6.09 Å². The van der Waals surface area contributed by atoms with Crippen LogP contribution in [-0.2, 0) is 16.1 Å². The van der Waals surface area contributed by atoms with Gasteiger partial charge in [-0.1, -0.05) is 30.3 Å². The Bertz CT molecular complexity index is 728. The zero-order chi connectivity index (χ0) is 16.8. The molecule has 2 aromatic rings. The number of aromatic amines is 1. The number of amides is 1. The average Bonchev–Trinajstić information content (AvgIpc) is 3.04. The van der Waals surface area contributed by atoms with Crippen molar-refractivity contribution in [1.82, 2.24) is 4.98 Å². The Balaban J connectivity index is 1.63. The predicted octanol–water partition coefficient (Wildman–Crippen LogP) is 3.53. The molecule has 3 rings (SSSR count). The molecular weight excluding hydrogens is 306 g/mol. The maximum absolute atomic E-state index is 12.0. The van der Waals surface area contributed by atoms with Crippen LogP contribution in [0.4, 0.5) is 10.6 Å². The monoisotopic (exact) mass is 325 g/mol. The van der Waals surface area contributed by atoms with Gasteiger partial charge in [-0.15, -0.1) is 0 Å². The van der Waals surface area contributed by atoms with Gasteiger partial charge < -0.3 is 14.5 Å². The van der Waals surface area contributed by atoms with E-state index in [0.29, 0.717) is 24.6 Å². The number of hydrogen-bond donors (Lipinski definition) is 2. The van der Waals surface area contributed by atoms with Gasteiger partial charge in [-0.2, -0.15) is 5.26 Å². The Morgan fingerprint density at radius 2 is 2.08 bits per heavy atom. The lowest BCUT2D eigenvalue weighted by Gasteiger charge is -2.21. The van der Waals surface area contributed by atoms with Crippen LogP contribution in [0.25, 0.3) is 0 Å². The molecule has 1 aromatic heterocycles. The lowest BCUT2D eigenvalue weighted by atomic mass is 9.91. The third kappa shape index (κ3) is 3.76. The van der Waals surface area contributed by atoms with E-state index in [0.717, 1.165) is 24.0 Å². The molecule has 1 fully saturated rings. The van der Waals surface area contributed by atoms with E-state index in [2.05, 4.69) is 16.4 Å². The number of hydrogen-bond acceptors (Lipinski definition) is 4. The number of ether oxygens (including phenoxy) is 2. The van der Waals surface area contributed by atoms with Crippen molar-refractivity contribution >= 4 is 11.9 Å². The standard InChI is InChI=1S/C18H19N3O3/c19-10-15-16(14-6-8-23-9-7-14)11-20-17(15)21-18(22)24-12-13-4-2-1-3-5-13/h1-5,11,14,20H,6-9,12H2,(H,21,22). The Labute approximate surface area is 140 Å². The molecule has 1 amide bonds. The molecule has 6 heteroatoms. The van der Waals surface area contributed by atoms with Crippen molar-refractivity contribution < 1.29 is 14.3 Å². The number of rotatable bonds is 4. The molecule has 0 radical (unpaired) electrons. The van der Waals surface area contributed by atoms with Crippen molar-refractivity contribution in [1.29, 1.82) is 5.26 Å². The van der Waals surface area contributed by atoms with Crippen molar-refractivity contribution in [3.8, 4) is 6.07 Å². The molecule has 6 nitrogen and oxygen atoms in total. The average molecular weight is 325 g/mol. The normalized spacial score (nSPS) is 14.8. The second kappa shape index (κ2) is 7.66. The van der Waals surface area contributed by atoms with Crippen LogP contribution in [0.2, 0.25) is 0 Å². The molecule has 0 unspecified atom stereocenters. The zero-order valence-corrected chi connectivity index (χ0v) is 13.2. The van der Waals surface area contributed by atoms with Gasteiger partial charge in [-0.05, 0) is 29.9 Å². The molecule has 0 spiro atoms. The van der Waals surface area contributed by atoms with Crippen molar-refractivity contribution in [3.05, 3.63) is 53.2 Å². The summed E-state index contributed by atoms with van der Waals surface area (Å²) in [6.07, 6.45) is 2.96. The second-order valence-electron chi connectivity index (χ2n) is 5.68. The number of carbonyl (C=O) groups is 1. The second-order valence-corrected chi connectivity index (χ2v) is 5.68. The Morgan fingerprint density at radius 1 is 1.33 bits per heavy atom. The highest BCUT2D eigenvalue weighted by Gasteiger charge is 2.23. The van der Waals surface area contributed by atoms with Gasteiger partial charge in [0.2, 0.25) is 0 Å². The first kappa shape index (κ1) is 16.1. The lowest BCUT2D eigenvalue weighted by molar-refractivity contribution is 0.0853. The minimum Gasteiger partial charge on any atom is -0.444 e. The number of benzene rings is 1. The van der Waals surface area contributed by atoms with Crippen LogP contribution in [0.1, 0.15) is 35.4 Å². The predicted molar refractivity (Wildman–Crippen MR) is 88.6 cm³/mol. The number of aromatic nitrogens is 1. The quantitative estimate of drug-likeness (QED) is 0.900. The fraction of sp³-hybridized carbons (Fsp3) is 0.333. The summed E-state index contributed by atoms with van der Waals surface area (Å²) in [4.78, 5) is 14.9. The number of nitrogens with one attached hydrogen (secondary N) is 2. The largest absolute Gasteiger partial charge is 0.444 e. The highest BCUT2D eigenvalue weighted by Crippen LogP contribution is 2.32. The molecule has 0 bridgehead atoms. The molecule has 0 aliphatic carbocycles. The summed E-state index contributed by atoms with van der Waals surface area (Å²) < 4.78 is 10.5. The Morgan fingerprint density at radius 3 is 2.79 bits per heavy atom. The molecule has 124 valence electrons. The minimum atomic E-state index is -0.587. The van der Waals surface area contributed by atoms with Crippen molar-refractivity contribution in [3.63, 3.8) is 0 Å². The van der Waals surface area contributed by atoms with Gasteiger partial charge in [-0.25, -0.2) is 4.79 Å². The van der Waals surface area contributed by atoms with E-state index >= 15 is 0 Å². The molecule has 1 aliphatic rings. The van der Waals surface area contributed by atoms with Gasteiger partial charge in [-0.3, -0.25) is 5.32 Å². The number of anilines is 1. The topological polar surface area (TPSA) is 87.1 Å². The van der Waals surface area contributed by atoms with E-state index in [1.165, 1.54) is 0 Å². The fourth-order valence-corrected chi connectivity index (χ4v) is 2.85. The third-order valence-electron chi connectivity index (χ3n) is 4.12. The molecule has 24 heavy (non-hydrogen) atoms. The zero-order valence-electron chi connectivity index (χ0n) is 13.2. The summed E-state index contributed by atoms with van der Waals surface area (Å²) in [7, 11) is 0. The summed E-state index contributed by atoms with van der Waals surface area (Å²) >= 11 is 0. The van der Waals surface area contributed by atoms with Crippen LogP contribution in [0.15, 0.2) is 36.5 Å². The van der Waals surface area contributed by atoms with E-state index in [1.807, 2.05) is 30.3 Å². The number of nitrogens with zero attached hydrogens (tertiary/aromatic N) is 1. The summed E-state index contributed by atoms with van der Waals surface area (Å²) in [5.74, 6) is 0.664. The van der Waals surface area contributed by atoms with Gasteiger partial charge in [0.05, 0.1) is 5.56 Å². The Hall–Kier alpha value is -2.78. The minimum absolute atomic E-state index is 0.183. The smallest absolute Gasteiger partial charge is 0.413 e. The molecule has 2 N–H and O–H groups in total. The number of nitriles is 1. The van der Waals surface area contributed by atoms with Crippen LogP contribution in [-0.4, -0.2) is 24.3 Å². The summed E-state index contributed by atoms with van der Waals surface area (Å²) in [5.41, 5.74) is 2.31. The van der Waals surface area contributed by atoms with E-state index in [-0.39, 0.29) is 12.5 Å². The summed E-state index contributed by atoms with van der Waals surface area (Å²) in [5, 5.41) is 12.1. The lowest BCUT2D eigenvalue weighted by Crippen LogP contribution is -2.16. The summed E-state index contributed by atoms with van der Waals surface area (Å²) in [6.45, 7) is 1.58. The van der Waals surface area contributed by atoms with Crippen LogP contribution >= 0.6 is 0 Å². The van der Waals surface area contributed by atoms with Gasteiger partial charge in [0.1, 0.15) is 18.5 Å². The first-order chi connectivity index (χ1) is 11.8. The molecule has 1 saturated heterocycles. The van der Waals surface area contributed by atoms with Crippen molar-refractivity contribution in [2.24, 2.45) is 0 Å². The van der Waals surface area contributed by atoms with Crippen LogP contribution in [0.3, 0.4) is 0 Å². The van der Waals surface area contributed by atoms with E-state index < -0.39 is 6.09 Å². The van der Waals surface area contributed by atoms with Crippen LogP contribution < -0.4 is 5.32 Å². The maximum atomic E-state index is 12.0. The van der Waals surface area contributed by atoms with Gasteiger partial charge in [0.15, 0.2) is 0 Å². The molecule has 1 aliphatic heterocycles. The molecule has 0 saturated carbocycles.